The van der Waals surface area contributed by atoms with E-state index in [-0.39, 0.29) is 36.3 Å². The highest BCUT2D eigenvalue weighted by Gasteiger charge is 2.46. The van der Waals surface area contributed by atoms with Crippen LogP contribution in [0.15, 0.2) is 11.2 Å². The van der Waals surface area contributed by atoms with Crippen LogP contribution in [0.25, 0.3) is 10.4 Å². The van der Waals surface area contributed by atoms with E-state index < -0.39 is 35.4 Å². The molecule has 1 aliphatic rings. The van der Waals surface area contributed by atoms with Gasteiger partial charge in [-0.3, -0.25) is 14.4 Å². The molecule has 0 fully saturated rings. The standard InChI is InChI=1S/C17H19FN4O4/c1-4-26-14(24)8-17(21-22-19)6-5-11-9(2)12(18)7-13(20-10(3)23)15(11)16(17)25/h7H,4-6,8H2,1-3H3,(H,20,23). The number of hydrogen-bond donors (Lipinski definition) is 1. The highest BCUT2D eigenvalue weighted by atomic mass is 19.1. The molecule has 1 atom stereocenters. The number of ketones is 1. The summed E-state index contributed by atoms with van der Waals surface area (Å²) < 4.78 is 19.1. The van der Waals surface area contributed by atoms with Crippen molar-refractivity contribution in [3.05, 3.63) is 39.0 Å². The first kappa shape index (κ1) is 19.4. The number of amides is 1. The van der Waals surface area contributed by atoms with E-state index in [0.717, 1.165) is 6.07 Å². The lowest BCUT2D eigenvalue weighted by Crippen LogP contribution is -2.43. The van der Waals surface area contributed by atoms with E-state index in [4.69, 9.17) is 10.3 Å². The van der Waals surface area contributed by atoms with Crippen LogP contribution < -0.4 is 5.32 Å². The molecular weight excluding hydrogens is 343 g/mol. The molecule has 8 nitrogen and oxygen atoms in total. The number of anilines is 1. The Labute approximate surface area is 149 Å². The summed E-state index contributed by atoms with van der Waals surface area (Å²) in [7, 11) is 0. The Morgan fingerprint density at radius 2 is 2.19 bits per heavy atom. The number of benzene rings is 1. The van der Waals surface area contributed by atoms with E-state index in [1.807, 2.05) is 0 Å². The second kappa shape index (κ2) is 7.53. The van der Waals surface area contributed by atoms with Gasteiger partial charge in [0.1, 0.15) is 11.4 Å². The number of carbonyl (C=O) groups is 3. The van der Waals surface area contributed by atoms with Gasteiger partial charge in [-0.15, -0.1) is 0 Å². The van der Waals surface area contributed by atoms with Gasteiger partial charge in [-0.25, -0.2) is 4.39 Å². The number of hydrogen-bond acceptors (Lipinski definition) is 5. The third-order valence-electron chi connectivity index (χ3n) is 4.38. The molecule has 0 radical (unpaired) electrons. The minimum atomic E-state index is -1.66. The van der Waals surface area contributed by atoms with Crippen molar-refractivity contribution in [2.45, 2.75) is 45.6 Å². The molecule has 1 N–H and O–H groups in total. The number of rotatable bonds is 5. The Morgan fingerprint density at radius 3 is 2.77 bits per heavy atom. The largest absolute Gasteiger partial charge is 0.466 e. The summed E-state index contributed by atoms with van der Waals surface area (Å²) in [6.45, 7) is 4.51. The average molecular weight is 362 g/mol. The zero-order valence-corrected chi connectivity index (χ0v) is 14.8. The van der Waals surface area contributed by atoms with Crippen LogP contribution in [0.5, 0.6) is 0 Å². The Kier molecular flexibility index (Phi) is 5.62. The Bertz CT molecular complexity index is 833. The minimum Gasteiger partial charge on any atom is -0.466 e. The lowest BCUT2D eigenvalue weighted by atomic mass is 9.73. The Hall–Kier alpha value is -2.93. The van der Waals surface area contributed by atoms with E-state index in [9.17, 15) is 18.8 Å². The fourth-order valence-corrected chi connectivity index (χ4v) is 3.18. The van der Waals surface area contributed by atoms with Gasteiger partial charge in [0.25, 0.3) is 0 Å². The predicted molar refractivity (Wildman–Crippen MR) is 91.2 cm³/mol. The fraction of sp³-hybridized carbons (Fsp3) is 0.471. The maximum atomic E-state index is 14.2. The molecule has 138 valence electrons. The van der Waals surface area contributed by atoms with Gasteiger partial charge in [0.05, 0.1) is 18.7 Å². The molecule has 1 unspecified atom stereocenters. The number of nitrogens with zero attached hydrogens (tertiary/aromatic N) is 3. The first-order valence-corrected chi connectivity index (χ1v) is 8.12. The summed E-state index contributed by atoms with van der Waals surface area (Å²) in [6, 6.07) is 1.06. The van der Waals surface area contributed by atoms with Crippen LogP contribution in [0.3, 0.4) is 0 Å². The maximum Gasteiger partial charge on any atom is 0.306 e. The van der Waals surface area contributed by atoms with E-state index >= 15 is 0 Å². The van der Waals surface area contributed by atoms with Crippen LogP contribution in [0.4, 0.5) is 10.1 Å². The molecule has 9 heteroatoms. The summed E-state index contributed by atoms with van der Waals surface area (Å²) in [5.41, 5.74) is 8.06. The summed E-state index contributed by atoms with van der Waals surface area (Å²) >= 11 is 0. The van der Waals surface area contributed by atoms with Crippen molar-refractivity contribution < 1.29 is 23.5 Å². The summed E-state index contributed by atoms with van der Waals surface area (Å²) in [6.07, 6.45) is -0.152. The van der Waals surface area contributed by atoms with Crippen LogP contribution in [-0.4, -0.2) is 29.8 Å². The number of ether oxygens (including phenoxy) is 1. The van der Waals surface area contributed by atoms with Crippen LogP contribution >= 0.6 is 0 Å². The summed E-state index contributed by atoms with van der Waals surface area (Å²) in [4.78, 5) is 39.3. The molecule has 0 heterocycles. The molecular formula is C17H19FN4O4. The number of nitrogens with one attached hydrogen (secondary N) is 1. The zero-order valence-electron chi connectivity index (χ0n) is 14.8. The molecule has 1 aliphatic carbocycles. The van der Waals surface area contributed by atoms with Crippen LogP contribution in [0, 0.1) is 12.7 Å². The van der Waals surface area contributed by atoms with Crippen LogP contribution in [0.2, 0.25) is 0 Å². The molecule has 1 aromatic rings. The quantitative estimate of drug-likeness (QED) is 0.374. The highest BCUT2D eigenvalue weighted by Crippen LogP contribution is 2.40. The minimum absolute atomic E-state index is 0.00155. The van der Waals surface area contributed by atoms with Gasteiger partial charge in [-0.1, -0.05) is 5.11 Å². The molecule has 0 saturated heterocycles. The lowest BCUT2D eigenvalue weighted by Gasteiger charge is -2.33. The SMILES string of the molecule is CCOC(=O)CC1(N=[N+]=[N-])CCc2c(C)c(F)cc(NC(C)=O)c2C1=O. The number of halogens is 1. The van der Waals surface area contributed by atoms with Gasteiger partial charge >= 0.3 is 5.97 Å². The monoisotopic (exact) mass is 362 g/mol. The number of fused-ring (bicyclic) bond motifs is 1. The van der Waals surface area contributed by atoms with Crippen molar-refractivity contribution >= 4 is 23.3 Å². The van der Waals surface area contributed by atoms with Crippen molar-refractivity contribution in [3.8, 4) is 0 Å². The Balaban J connectivity index is 2.62. The van der Waals surface area contributed by atoms with Crippen molar-refractivity contribution in [1.29, 1.82) is 0 Å². The summed E-state index contributed by atoms with van der Waals surface area (Å²) in [5, 5.41) is 6.05. The smallest absolute Gasteiger partial charge is 0.306 e. The molecule has 1 amide bonds. The van der Waals surface area contributed by atoms with Gasteiger partial charge in [0.2, 0.25) is 5.91 Å². The average Bonchev–Trinajstić information content (AvgIpc) is 2.55. The summed E-state index contributed by atoms with van der Waals surface area (Å²) in [5.74, 6) is -2.33. The molecule has 0 aromatic heterocycles. The molecule has 0 aliphatic heterocycles. The van der Waals surface area contributed by atoms with E-state index in [2.05, 4.69) is 15.3 Å². The van der Waals surface area contributed by atoms with E-state index in [1.54, 1.807) is 6.92 Å². The van der Waals surface area contributed by atoms with Crippen molar-refractivity contribution in [2.24, 2.45) is 5.11 Å². The van der Waals surface area contributed by atoms with Gasteiger partial charge in [-0.05, 0) is 49.4 Å². The van der Waals surface area contributed by atoms with Crippen LogP contribution in [-0.2, 0) is 20.7 Å². The zero-order chi connectivity index (χ0) is 19.5. The molecule has 26 heavy (non-hydrogen) atoms. The number of azide groups is 1. The van der Waals surface area contributed by atoms with Gasteiger partial charge in [0.15, 0.2) is 5.78 Å². The van der Waals surface area contributed by atoms with Crippen molar-refractivity contribution in [2.75, 3.05) is 11.9 Å². The first-order chi connectivity index (χ1) is 12.3. The highest BCUT2D eigenvalue weighted by molar-refractivity contribution is 6.12. The first-order valence-electron chi connectivity index (χ1n) is 8.12. The van der Waals surface area contributed by atoms with Gasteiger partial charge in [-0.2, -0.15) is 0 Å². The van der Waals surface area contributed by atoms with Crippen molar-refractivity contribution in [1.82, 2.24) is 0 Å². The second-order valence-corrected chi connectivity index (χ2v) is 6.10. The predicted octanol–water partition coefficient (Wildman–Crippen LogP) is 3.22. The number of Topliss-reactive ketones (excluding diaryl/α,β-unsaturated/α-hetero) is 1. The number of carbonyl (C=O) groups excluding carboxylic acids is 3. The molecule has 0 saturated carbocycles. The van der Waals surface area contributed by atoms with Crippen LogP contribution in [0.1, 0.15) is 48.2 Å². The normalized spacial score (nSPS) is 18.5. The fourth-order valence-electron chi connectivity index (χ4n) is 3.18. The van der Waals surface area contributed by atoms with Crippen molar-refractivity contribution in [3.63, 3.8) is 0 Å². The second-order valence-electron chi connectivity index (χ2n) is 6.10. The van der Waals surface area contributed by atoms with E-state index in [0.29, 0.717) is 5.56 Å². The van der Waals surface area contributed by atoms with Gasteiger partial charge in [0, 0.05) is 17.4 Å². The topological polar surface area (TPSA) is 121 Å². The molecule has 0 spiro atoms. The third-order valence-corrected chi connectivity index (χ3v) is 4.38. The van der Waals surface area contributed by atoms with Gasteiger partial charge < -0.3 is 10.1 Å². The third kappa shape index (κ3) is 3.52. The molecule has 1 aromatic carbocycles. The van der Waals surface area contributed by atoms with E-state index in [1.165, 1.54) is 13.8 Å². The molecule has 0 bridgehead atoms. The Morgan fingerprint density at radius 1 is 1.50 bits per heavy atom. The molecule has 2 rings (SSSR count). The number of esters is 1. The maximum absolute atomic E-state index is 14.2. The lowest BCUT2D eigenvalue weighted by molar-refractivity contribution is -0.144.